The summed E-state index contributed by atoms with van der Waals surface area (Å²) in [4.78, 5) is 3.86. The van der Waals surface area contributed by atoms with Crippen molar-refractivity contribution in [2.24, 2.45) is 0 Å². The van der Waals surface area contributed by atoms with Crippen LogP contribution in [0.5, 0.6) is 0 Å². The summed E-state index contributed by atoms with van der Waals surface area (Å²) in [6.45, 7) is 0. The lowest BCUT2D eigenvalue weighted by atomic mass is 10.3. The summed E-state index contributed by atoms with van der Waals surface area (Å²) >= 11 is 5.87. The van der Waals surface area contributed by atoms with Crippen molar-refractivity contribution >= 4 is 28.8 Å². The third-order valence-electron chi connectivity index (χ3n) is 1.99. The molecule has 2 rings (SSSR count). The van der Waals surface area contributed by atoms with Crippen molar-refractivity contribution in [3.8, 4) is 0 Å². The van der Waals surface area contributed by atoms with Crippen molar-refractivity contribution in [3.63, 3.8) is 0 Å². The van der Waals surface area contributed by atoms with E-state index in [1.165, 1.54) is 12.1 Å². The van der Waals surface area contributed by atoms with E-state index in [0.717, 1.165) is 5.69 Å². The van der Waals surface area contributed by atoms with Gasteiger partial charge in [0.05, 0.1) is 10.7 Å². The lowest BCUT2D eigenvalue weighted by molar-refractivity contribution is 0.628. The van der Waals surface area contributed by atoms with Gasteiger partial charge in [-0.3, -0.25) is 0 Å². The van der Waals surface area contributed by atoms with Crippen LogP contribution >= 0.6 is 11.6 Å². The molecule has 82 valence electrons. The van der Waals surface area contributed by atoms with E-state index < -0.39 is 0 Å². The molecule has 16 heavy (non-hydrogen) atoms. The van der Waals surface area contributed by atoms with Crippen LogP contribution in [0, 0.1) is 5.82 Å². The first-order chi connectivity index (χ1) is 7.65. The molecule has 0 aliphatic carbocycles. The Morgan fingerprint density at radius 1 is 1.25 bits per heavy atom. The second-order valence-electron chi connectivity index (χ2n) is 3.22. The number of hydrogen-bond donors (Lipinski definition) is 2. The molecule has 1 aromatic heterocycles. The van der Waals surface area contributed by atoms with Gasteiger partial charge in [-0.1, -0.05) is 11.6 Å². The van der Waals surface area contributed by atoms with E-state index in [1.807, 2.05) is 0 Å². The lowest BCUT2D eigenvalue weighted by Gasteiger charge is -2.08. The minimum absolute atomic E-state index is 0.315. The first-order valence-corrected chi connectivity index (χ1v) is 4.96. The molecule has 0 saturated heterocycles. The number of nitrogens with two attached hydrogens (primary N) is 1. The highest BCUT2D eigenvalue weighted by Gasteiger charge is 2.02. The van der Waals surface area contributed by atoms with E-state index in [1.54, 1.807) is 24.4 Å². The maximum absolute atomic E-state index is 12.8. The highest BCUT2D eigenvalue weighted by atomic mass is 35.5. The number of hydrogen-bond acceptors (Lipinski definition) is 3. The van der Waals surface area contributed by atoms with Crippen molar-refractivity contribution in [2.75, 3.05) is 11.1 Å². The van der Waals surface area contributed by atoms with Gasteiger partial charge in [0.1, 0.15) is 11.6 Å². The fraction of sp³-hybridized carbons (Fsp3) is 0. The van der Waals surface area contributed by atoms with Gasteiger partial charge in [0.2, 0.25) is 0 Å². The van der Waals surface area contributed by atoms with Crippen molar-refractivity contribution in [3.05, 3.63) is 47.4 Å². The maximum atomic E-state index is 12.8. The smallest absolute Gasteiger partial charge is 0.125 e. The molecule has 3 N–H and O–H groups in total. The summed E-state index contributed by atoms with van der Waals surface area (Å²) in [6.07, 6.45) is 1.58. The van der Waals surface area contributed by atoms with Gasteiger partial charge in [-0.2, -0.15) is 0 Å². The standard InChI is InChI=1S/C11H9ClFN3/c12-9-5-7(13)1-2-10(9)16-8-3-4-15-11(14)6-8/h1-6H,(H3,14,15,16). The van der Waals surface area contributed by atoms with Gasteiger partial charge in [0, 0.05) is 18.0 Å². The molecule has 0 fully saturated rings. The molecule has 0 atom stereocenters. The molecule has 0 aliphatic heterocycles. The second kappa shape index (κ2) is 4.37. The van der Waals surface area contributed by atoms with Crippen molar-refractivity contribution in [1.82, 2.24) is 4.98 Å². The third kappa shape index (κ3) is 2.41. The van der Waals surface area contributed by atoms with Gasteiger partial charge in [-0.15, -0.1) is 0 Å². The molecule has 2 aromatic rings. The Kier molecular flexibility index (Phi) is 2.92. The molecule has 0 spiro atoms. The van der Waals surface area contributed by atoms with Crippen LogP contribution in [0.15, 0.2) is 36.5 Å². The van der Waals surface area contributed by atoms with E-state index in [-0.39, 0.29) is 5.82 Å². The zero-order chi connectivity index (χ0) is 11.5. The molecule has 5 heteroatoms. The first kappa shape index (κ1) is 10.7. The molecule has 0 bridgehead atoms. The number of nitrogens with zero attached hydrogens (tertiary/aromatic N) is 1. The molecular formula is C11H9ClFN3. The average molecular weight is 238 g/mol. The first-order valence-electron chi connectivity index (χ1n) is 4.59. The SMILES string of the molecule is Nc1cc(Nc2ccc(F)cc2Cl)ccn1. The monoisotopic (exact) mass is 237 g/mol. The maximum Gasteiger partial charge on any atom is 0.125 e. The van der Waals surface area contributed by atoms with Crippen LogP contribution in [0.4, 0.5) is 21.6 Å². The highest BCUT2D eigenvalue weighted by Crippen LogP contribution is 2.26. The van der Waals surface area contributed by atoms with Crippen LogP contribution in [-0.4, -0.2) is 4.98 Å². The van der Waals surface area contributed by atoms with E-state index in [4.69, 9.17) is 17.3 Å². The van der Waals surface area contributed by atoms with Crippen LogP contribution in [0.25, 0.3) is 0 Å². The Hall–Kier alpha value is -1.81. The summed E-state index contributed by atoms with van der Waals surface area (Å²) in [5.41, 5.74) is 6.90. The topological polar surface area (TPSA) is 50.9 Å². The number of nitrogens with one attached hydrogen (secondary N) is 1. The van der Waals surface area contributed by atoms with Gasteiger partial charge in [0.25, 0.3) is 0 Å². The quantitative estimate of drug-likeness (QED) is 0.843. The van der Waals surface area contributed by atoms with Crippen molar-refractivity contribution in [2.45, 2.75) is 0 Å². The molecule has 0 saturated carbocycles. The molecule has 3 nitrogen and oxygen atoms in total. The number of anilines is 3. The molecule has 1 aromatic carbocycles. The molecular weight excluding hydrogens is 229 g/mol. The van der Waals surface area contributed by atoms with Gasteiger partial charge in [-0.05, 0) is 24.3 Å². The minimum Gasteiger partial charge on any atom is -0.384 e. The number of aromatic nitrogens is 1. The Labute approximate surface area is 97.1 Å². The number of pyridine rings is 1. The zero-order valence-electron chi connectivity index (χ0n) is 8.24. The normalized spacial score (nSPS) is 10.1. The fourth-order valence-corrected chi connectivity index (χ4v) is 1.49. The van der Waals surface area contributed by atoms with Crippen LogP contribution in [0.2, 0.25) is 5.02 Å². The number of rotatable bonds is 2. The second-order valence-corrected chi connectivity index (χ2v) is 3.63. The summed E-state index contributed by atoms with van der Waals surface area (Å²) in [5.74, 6) is 0.0352. The zero-order valence-corrected chi connectivity index (χ0v) is 9.00. The molecule has 0 radical (unpaired) electrons. The van der Waals surface area contributed by atoms with Gasteiger partial charge < -0.3 is 11.1 Å². The van der Waals surface area contributed by atoms with E-state index >= 15 is 0 Å². The number of benzene rings is 1. The molecule has 0 amide bonds. The summed E-state index contributed by atoms with van der Waals surface area (Å²) in [5, 5.41) is 3.34. The Morgan fingerprint density at radius 2 is 2.06 bits per heavy atom. The van der Waals surface area contributed by atoms with Gasteiger partial charge in [0.15, 0.2) is 0 Å². The Morgan fingerprint density at radius 3 is 2.75 bits per heavy atom. The predicted molar refractivity (Wildman–Crippen MR) is 63.3 cm³/mol. The molecule has 0 aliphatic rings. The van der Waals surface area contributed by atoms with Crippen LogP contribution < -0.4 is 11.1 Å². The predicted octanol–water partition coefficient (Wildman–Crippen LogP) is 3.20. The van der Waals surface area contributed by atoms with Crippen LogP contribution in [0.3, 0.4) is 0 Å². The highest BCUT2D eigenvalue weighted by molar-refractivity contribution is 6.33. The summed E-state index contributed by atoms with van der Waals surface area (Å²) < 4.78 is 12.8. The number of nitrogen functional groups attached to an aromatic ring is 1. The Balaban J connectivity index is 2.27. The van der Waals surface area contributed by atoms with Gasteiger partial charge >= 0.3 is 0 Å². The molecule has 1 heterocycles. The van der Waals surface area contributed by atoms with E-state index in [9.17, 15) is 4.39 Å². The lowest BCUT2D eigenvalue weighted by Crippen LogP contribution is -1.95. The minimum atomic E-state index is -0.371. The largest absolute Gasteiger partial charge is 0.384 e. The number of halogens is 2. The average Bonchev–Trinajstić information content (AvgIpc) is 2.22. The van der Waals surface area contributed by atoms with Crippen LogP contribution in [0.1, 0.15) is 0 Å². The van der Waals surface area contributed by atoms with E-state index in [2.05, 4.69) is 10.3 Å². The van der Waals surface area contributed by atoms with Crippen LogP contribution in [-0.2, 0) is 0 Å². The fourth-order valence-electron chi connectivity index (χ4n) is 1.27. The summed E-state index contributed by atoms with van der Waals surface area (Å²) in [7, 11) is 0. The summed E-state index contributed by atoms with van der Waals surface area (Å²) in [6, 6.07) is 7.55. The third-order valence-corrected chi connectivity index (χ3v) is 2.30. The van der Waals surface area contributed by atoms with Gasteiger partial charge in [-0.25, -0.2) is 9.37 Å². The van der Waals surface area contributed by atoms with Crippen molar-refractivity contribution < 1.29 is 4.39 Å². The molecule has 0 unspecified atom stereocenters. The Bertz CT molecular complexity index is 516. The van der Waals surface area contributed by atoms with E-state index in [0.29, 0.717) is 16.5 Å². The van der Waals surface area contributed by atoms with Crippen molar-refractivity contribution in [1.29, 1.82) is 0 Å².